The summed E-state index contributed by atoms with van der Waals surface area (Å²) in [5.74, 6) is -0.736. The SMILES string of the molecule is CCOC(=O)C(NC(=O)OC(C)(C)C)C(=O)NC1(c2noc(CC)n2)CCCC1. The molecular formula is C19H30N4O6. The number of rotatable bonds is 7. The topological polar surface area (TPSA) is 133 Å². The van der Waals surface area contributed by atoms with Crippen molar-refractivity contribution < 1.29 is 28.4 Å². The van der Waals surface area contributed by atoms with Crippen LogP contribution in [0.3, 0.4) is 0 Å². The molecule has 0 spiro atoms. The zero-order valence-electron chi connectivity index (χ0n) is 17.7. The molecule has 1 atom stereocenters. The largest absolute Gasteiger partial charge is 0.464 e. The fraction of sp³-hybridized carbons (Fsp3) is 0.737. The predicted octanol–water partition coefficient (Wildman–Crippen LogP) is 1.97. The first kappa shape index (κ1) is 22.6. The van der Waals surface area contributed by atoms with E-state index in [0.717, 1.165) is 12.8 Å². The van der Waals surface area contributed by atoms with Gasteiger partial charge in [-0.1, -0.05) is 24.9 Å². The van der Waals surface area contributed by atoms with Crippen LogP contribution in [0.1, 0.15) is 72.0 Å². The lowest BCUT2D eigenvalue weighted by molar-refractivity contribution is -0.149. The molecule has 2 N–H and O–H groups in total. The third-order valence-corrected chi connectivity index (χ3v) is 4.46. The number of ether oxygens (including phenoxy) is 2. The van der Waals surface area contributed by atoms with Crippen molar-refractivity contribution in [1.82, 2.24) is 20.8 Å². The Bertz CT molecular complexity index is 733. The molecule has 0 aliphatic heterocycles. The second-order valence-electron chi connectivity index (χ2n) is 7.98. The lowest BCUT2D eigenvalue weighted by atomic mass is 9.96. The normalized spacial score (nSPS) is 16.7. The summed E-state index contributed by atoms with van der Waals surface area (Å²) in [5.41, 5.74) is -1.64. The second-order valence-corrected chi connectivity index (χ2v) is 7.98. The van der Waals surface area contributed by atoms with Crippen LogP contribution in [0.4, 0.5) is 4.79 Å². The Balaban J connectivity index is 2.22. The van der Waals surface area contributed by atoms with Crippen LogP contribution in [-0.4, -0.2) is 46.4 Å². The van der Waals surface area contributed by atoms with Gasteiger partial charge in [0.25, 0.3) is 5.91 Å². The van der Waals surface area contributed by atoms with Crippen molar-refractivity contribution in [3.63, 3.8) is 0 Å². The van der Waals surface area contributed by atoms with Crippen LogP contribution >= 0.6 is 0 Å². The van der Waals surface area contributed by atoms with E-state index in [4.69, 9.17) is 14.0 Å². The van der Waals surface area contributed by atoms with E-state index in [9.17, 15) is 14.4 Å². The van der Waals surface area contributed by atoms with Crippen molar-refractivity contribution in [2.24, 2.45) is 0 Å². The number of nitrogens with zero attached hydrogens (tertiary/aromatic N) is 2. The van der Waals surface area contributed by atoms with Gasteiger partial charge in [0.1, 0.15) is 11.1 Å². The van der Waals surface area contributed by atoms with Gasteiger partial charge >= 0.3 is 12.1 Å². The lowest BCUT2D eigenvalue weighted by Crippen LogP contribution is -2.57. The summed E-state index contributed by atoms with van der Waals surface area (Å²) < 4.78 is 15.3. The van der Waals surface area contributed by atoms with Gasteiger partial charge in [-0.05, 0) is 40.5 Å². The molecule has 0 radical (unpaired) electrons. The monoisotopic (exact) mass is 410 g/mol. The molecule has 0 bridgehead atoms. The minimum atomic E-state index is -1.56. The van der Waals surface area contributed by atoms with Crippen molar-refractivity contribution in [3.8, 4) is 0 Å². The minimum absolute atomic E-state index is 0.0639. The Morgan fingerprint density at radius 2 is 1.86 bits per heavy atom. The highest BCUT2D eigenvalue weighted by Gasteiger charge is 2.44. The van der Waals surface area contributed by atoms with E-state index in [-0.39, 0.29) is 6.61 Å². The van der Waals surface area contributed by atoms with Gasteiger partial charge in [-0.25, -0.2) is 9.59 Å². The molecule has 1 unspecified atom stereocenters. The molecule has 1 aromatic rings. The minimum Gasteiger partial charge on any atom is -0.464 e. The van der Waals surface area contributed by atoms with E-state index in [1.807, 2.05) is 6.92 Å². The van der Waals surface area contributed by atoms with E-state index in [2.05, 4.69) is 20.8 Å². The van der Waals surface area contributed by atoms with E-state index >= 15 is 0 Å². The van der Waals surface area contributed by atoms with Crippen molar-refractivity contribution in [1.29, 1.82) is 0 Å². The average molecular weight is 410 g/mol. The molecule has 10 nitrogen and oxygen atoms in total. The molecule has 2 amide bonds. The van der Waals surface area contributed by atoms with Gasteiger partial charge in [-0.15, -0.1) is 0 Å². The number of aryl methyl sites for hydroxylation is 1. The average Bonchev–Trinajstić information content (AvgIpc) is 3.28. The summed E-state index contributed by atoms with van der Waals surface area (Å²) in [5, 5.41) is 9.18. The lowest BCUT2D eigenvalue weighted by Gasteiger charge is -2.29. The highest BCUT2D eigenvalue weighted by molar-refractivity contribution is 6.04. The van der Waals surface area contributed by atoms with E-state index in [1.165, 1.54) is 0 Å². The molecule has 1 saturated carbocycles. The Morgan fingerprint density at radius 3 is 2.38 bits per heavy atom. The highest BCUT2D eigenvalue weighted by Crippen LogP contribution is 2.37. The first-order chi connectivity index (χ1) is 13.6. The van der Waals surface area contributed by atoms with Gasteiger partial charge in [0.2, 0.25) is 11.9 Å². The Labute approximate surface area is 170 Å². The summed E-state index contributed by atoms with van der Waals surface area (Å²) >= 11 is 0. The van der Waals surface area contributed by atoms with Gasteiger partial charge in [0, 0.05) is 6.42 Å². The first-order valence-corrected chi connectivity index (χ1v) is 9.91. The van der Waals surface area contributed by atoms with Crippen molar-refractivity contribution >= 4 is 18.0 Å². The van der Waals surface area contributed by atoms with E-state index in [1.54, 1.807) is 27.7 Å². The second kappa shape index (κ2) is 9.23. The van der Waals surface area contributed by atoms with Gasteiger partial charge in [-0.2, -0.15) is 4.98 Å². The number of carbonyl (C=O) groups is 3. The maximum Gasteiger partial charge on any atom is 0.408 e. The molecule has 2 rings (SSSR count). The maximum absolute atomic E-state index is 13.0. The zero-order valence-corrected chi connectivity index (χ0v) is 17.7. The van der Waals surface area contributed by atoms with Gasteiger partial charge in [0.05, 0.1) is 6.61 Å². The smallest absolute Gasteiger partial charge is 0.408 e. The van der Waals surface area contributed by atoms with Gasteiger partial charge < -0.3 is 19.3 Å². The summed E-state index contributed by atoms with van der Waals surface area (Å²) in [7, 11) is 0. The first-order valence-electron chi connectivity index (χ1n) is 9.91. The van der Waals surface area contributed by atoms with E-state index in [0.29, 0.717) is 31.0 Å². The summed E-state index contributed by atoms with van der Waals surface area (Å²) in [6, 6.07) is -1.56. The molecular weight excluding hydrogens is 380 g/mol. The number of carbonyl (C=O) groups excluding carboxylic acids is 3. The molecule has 29 heavy (non-hydrogen) atoms. The van der Waals surface area contributed by atoms with Gasteiger partial charge in [-0.3, -0.25) is 10.1 Å². The zero-order chi connectivity index (χ0) is 21.7. The number of hydrogen-bond acceptors (Lipinski definition) is 8. The summed E-state index contributed by atoms with van der Waals surface area (Å²) in [4.78, 5) is 41.9. The number of alkyl carbamates (subject to hydrolysis) is 1. The third kappa shape index (κ3) is 5.91. The predicted molar refractivity (Wildman–Crippen MR) is 102 cm³/mol. The maximum atomic E-state index is 13.0. The van der Waals surface area contributed by atoms with Gasteiger partial charge in [0.15, 0.2) is 5.82 Å². The number of amides is 2. The molecule has 0 saturated heterocycles. The Morgan fingerprint density at radius 1 is 1.21 bits per heavy atom. The Kier molecular flexibility index (Phi) is 7.21. The molecule has 1 aliphatic carbocycles. The van der Waals surface area contributed by atoms with Crippen LogP contribution in [0.5, 0.6) is 0 Å². The summed E-state index contributed by atoms with van der Waals surface area (Å²) in [6.07, 6.45) is 2.61. The van der Waals surface area contributed by atoms with Crippen LogP contribution in [0.2, 0.25) is 0 Å². The quantitative estimate of drug-likeness (QED) is 0.515. The number of aromatic nitrogens is 2. The van der Waals surface area contributed by atoms with Crippen molar-refractivity contribution in [3.05, 3.63) is 11.7 Å². The van der Waals surface area contributed by atoms with E-state index < -0.39 is 35.2 Å². The third-order valence-electron chi connectivity index (χ3n) is 4.46. The van der Waals surface area contributed by atoms with Crippen LogP contribution in [0, 0.1) is 0 Å². The van der Waals surface area contributed by atoms with Crippen molar-refractivity contribution in [2.45, 2.75) is 83.9 Å². The van der Waals surface area contributed by atoms with Crippen molar-refractivity contribution in [2.75, 3.05) is 6.61 Å². The fourth-order valence-electron chi connectivity index (χ4n) is 3.17. The molecule has 1 fully saturated rings. The standard InChI is InChI=1S/C19H30N4O6/c1-6-12-20-16(23-29-12)19(10-8-9-11-19)22-14(24)13(15(25)27-7-2)21-17(26)28-18(3,4)5/h13H,6-11H2,1-5H3,(H,21,26)(H,22,24). The molecule has 0 aromatic carbocycles. The Hall–Kier alpha value is -2.65. The number of esters is 1. The molecule has 1 aliphatic rings. The van der Waals surface area contributed by atoms with Crippen LogP contribution in [0.25, 0.3) is 0 Å². The molecule has 1 heterocycles. The number of hydrogen-bond donors (Lipinski definition) is 2. The van der Waals surface area contributed by atoms with Crippen LogP contribution in [0.15, 0.2) is 4.52 Å². The molecule has 1 aromatic heterocycles. The number of nitrogens with one attached hydrogen (secondary N) is 2. The summed E-state index contributed by atoms with van der Waals surface area (Å²) in [6.45, 7) is 8.61. The molecule has 10 heteroatoms. The molecule has 162 valence electrons. The fourth-order valence-corrected chi connectivity index (χ4v) is 3.17. The highest BCUT2D eigenvalue weighted by atomic mass is 16.6. The van der Waals surface area contributed by atoms with Crippen LogP contribution < -0.4 is 10.6 Å². The van der Waals surface area contributed by atoms with Crippen LogP contribution in [-0.2, 0) is 31.0 Å².